The molecule has 11 heteroatoms. The number of thiophene rings is 1. The molecule has 170 valence electrons. The standard InChI is InChI=1S/C21H22ClN3O6S/c1-30-16-8-12(24-7-6-13(26)9-19(24)27)2-3-15(16)25-11-14(31-21(25)29)10-23-20(28)17-4-5-18(22)32-17/h2-5,8,13-14,26H,6-7,9-11H2,1H3,(H,23,28). The summed E-state index contributed by atoms with van der Waals surface area (Å²) < 4.78 is 11.4. The van der Waals surface area contributed by atoms with Gasteiger partial charge in [-0.3, -0.25) is 14.5 Å². The minimum Gasteiger partial charge on any atom is -0.494 e. The molecule has 2 N–H and O–H groups in total. The van der Waals surface area contributed by atoms with Gasteiger partial charge in [-0.25, -0.2) is 4.79 Å². The van der Waals surface area contributed by atoms with Crippen LogP contribution in [0, 0.1) is 0 Å². The zero-order chi connectivity index (χ0) is 22.8. The fraction of sp³-hybridized carbons (Fsp3) is 0.381. The first-order chi connectivity index (χ1) is 15.4. The number of halogens is 1. The normalized spacial score (nSPS) is 21.0. The zero-order valence-corrected chi connectivity index (χ0v) is 18.8. The van der Waals surface area contributed by atoms with Crippen molar-refractivity contribution in [3.05, 3.63) is 39.5 Å². The van der Waals surface area contributed by atoms with Gasteiger partial charge in [0.1, 0.15) is 11.9 Å². The van der Waals surface area contributed by atoms with Crippen LogP contribution in [-0.2, 0) is 9.53 Å². The van der Waals surface area contributed by atoms with E-state index in [4.69, 9.17) is 21.1 Å². The Balaban J connectivity index is 1.43. The number of ether oxygens (including phenoxy) is 2. The molecule has 2 fully saturated rings. The monoisotopic (exact) mass is 479 g/mol. The molecule has 0 radical (unpaired) electrons. The lowest BCUT2D eigenvalue weighted by Gasteiger charge is -2.30. The van der Waals surface area contributed by atoms with Crippen molar-refractivity contribution in [2.24, 2.45) is 0 Å². The highest BCUT2D eigenvalue weighted by atomic mass is 35.5. The Morgan fingerprint density at radius 3 is 2.81 bits per heavy atom. The molecule has 2 unspecified atom stereocenters. The molecule has 9 nitrogen and oxygen atoms in total. The van der Waals surface area contributed by atoms with E-state index < -0.39 is 18.3 Å². The summed E-state index contributed by atoms with van der Waals surface area (Å²) in [4.78, 5) is 40.5. The topological polar surface area (TPSA) is 108 Å². The highest BCUT2D eigenvalue weighted by Crippen LogP contribution is 2.36. The third kappa shape index (κ3) is 4.67. The Labute approximate surface area is 193 Å². The van der Waals surface area contributed by atoms with Crippen molar-refractivity contribution < 1.29 is 29.0 Å². The number of carbonyl (C=O) groups is 3. The number of benzene rings is 1. The predicted molar refractivity (Wildman–Crippen MR) is 120 cm³/mol. The van der Waals surface area contributed by atoms with Crippen molar-refractivity contribution in [3.63, 3.8) is 0 Å². The summed E-state index contributed by atoms with van der Waals surface area (Å²) in [5.41, 5.74) is 1.14. The van der Waals surface area contributed by atoms with Crippen LogP contribution in [0.3, 0.4) is 0 Å². The number of hydrogen-bond acceptors (Lipinski definition) is 7. The summed E-state index contributed by atoms with van der Waals surface area (Å²) >= 11 is 7.03. The molecule has 4 rings (SSSR count). The molecule has 0 saturated carbocycles. The van der Waals surface area contributed by atoms with Crippen LogP contribution in [-0.4, -0.2) is 62.0 Å². The smallest absolute Gasteiger partial charge is 0.414 e. The maximum Gasteiger partial charge on any atom is 0.414 e. The third-order valence-electron chi connectivity index (χ3n) is 5.32. The van der Waals surface area contributed by atoms with Gasteiger partial charge in [-0.15, -0.1) is 11.3 Å². The van der Waals surface area contributed by atoms with Crippen LogP contribution in [0.4, 0.5) is 16.2 Å². The number of hydrogen-bond donors (Lipinski definition) is 2. The van der Waals surface area contributed by atoms with E-state index >= 15 is 0 Å². The first kappa shape index (κ1) is 22.4. The first-order valence-electron chi connectivity index (χ1n) is 10.0. The second-order valence-corrected chi connectivity index (χ2v) is 9.19. The van der Waals surface area contributed by atoms with Crippen LogP contribution < -0.4 is 19.9 Å². The molecule has 2 aliphatic rings. The Bertz CT molecular complexity index is 1040. The van der Waals surface area contributed by atoms with Crippen molar-refractivity contribution in [2.45, 2.75) is 25.0 Å². The van der Waals surface area contributed by atoms with Crippen LogP contribution in [0.1, 0.15) is 22.5 Å². The van der Waals surface area contributed by atoms with Crippen LogP contribution >= 0.6 is 22.9 Å². The van der Waals surface area contributed by atoms with Gasteiger partial charge in [0.25, 0.3) is 5.91 Å². The summed E-state index contributed by atoms with van der Waals surface area (Å²) in [7, 11) is 1.48. The van der Waals surface area contributed by atoms with Gasteiger partial charge < -0.3 is 24.8 Å². The van der Waals surface area contributed by atoms with Gasteiger partial charge in [-0.05, 0) is 30.7 Å². The number of nitrogens with one attached hydrogen (secondary N) is 1. The molecule has 2 atom stereocenters. The van der Waals surface area contributed by atoms with E-state index in [0.29, 0.717) is 39.3 Å². The van der Waals surface area contributed by atoms with E-state index in [0.717, 1.165) is 0 Å². The fourth-order valence-electron chi connectivity index (χ4n) is 3.70. The molecule has 0 aliphatic carbocycles. The summed E-state index contributed by atoms with van der Waals surface area (Å²) in [6.07, 6.45) is -1.12. The van der Waals surface area contributed by atoms with Gasteiger partial charge in [0, 0.05) is 18.3 Å². The van der Waals surface area contributed by atoms with E-state index in [-0.39, 0.29) is 31.3 Å². The Hall–Kier alpha value is -2.82. The van der Waals surface area contributed by atoms with Crippen molar-refractivity contribution in [1.82, 2.24) is 5.32 Å². The quantitative estimate of drug-likeness (QED) is 0.659. The molecule has 1 aromatic carbocycles. The van der Waals surface area contributed by atoms with Crippen LogP contribution in [0.15, 0.2) is 30.3 Å². The average Bonchev–Trinajstić information content (AvgIpc) is 3.37. The number of aliphatic hydroxyl groups is 1. The largest absolute Gasteiger partial charge is 0.494 e. The molecule has 2 aliphatic heterocycles. The zero-order valence-electron chi connectivity index (χ0n) is 17.2. The summed E-state index contributed by atoms with van der Waals surface area (Å²) in [6.45, 7) is 0.794. The molecule has 32 heavy (non-hydrogen) atoms. The number of rotatable bonds is 6. The number of nitrogens with zero attached hydrogens (tertiary/aromatic N) is 2. The van der Waals surface area contributed by atoms with Gasteiger partial charge in [0.05, 0.1) is 47.6 Å². The maximum absolute atomic E-state index is 12.5. The highest BCUT2D eigenvalue weighted by molar-refractivity contribution is 7.18. The SMILES string of the molecule is COc1cc(N2CCC(O)CC2=O)ccc1N1CC(CNC(=O)c2ccc(Cl)s2)OC1=O. The molecule has 2 saturated heterocycles. The van der Waals surface area contributed by atoms with Crippen molar-refractivity contribution in [3.8, 4) is 5.75 Å². The molecule has 1 aromatic heterocycles. The number of aliphatic hydroxyl groups excluding tert-OH is 1. The van der Waals surface area contributed by atoms with E-state index in [1.165, 1.54) is 23.3 Å². The van der Waals surface area contributed by atoms with Gasteiger partial charge in [0.2, 0.25) is 5.91 Å². The minimum atomic E-state index is -0.617. The first-order valence-corrected chi connectivity index (χ1v) is 11.2. The van der Waals surface area contributed by atoms with E-state index in [2.05, 4.69) is 5.32 Å². The number of amides is 3. The summed E-state index contributed by atoms with van der Waals surface area (Å²) in [6, 6.07) is 8.40. The lowest BCUT2D eigenvalue weighted by atomic mass is 10.1. The molecule has 3 heterocycles. The van der Waals surface area contributed by atoms with Crippen LogP contribution in [0.25, 0.3) is 0 Å². The van der Waals surface area contributed by atoms with Gasteiger partial charge >= 0.3 is 6.09 Å². The Morgan fingerprint density at radius 2 is 2.12 bits per heavy atom. The van der Waals surface area contributed by atoms with Gasteiger partial charge in [0.15, 0.2) is 0 Å². The highest BCUT2D eigenvalue weighted by Gasteiger charge is 2.35. The molecular weight excluding hydrogens is 458 g/mol. The molecule has 0 bridgehead atoms. The van der Waals surface area contributed by atoms with E-state index in [1.807, 2.05) is 0 Å². The van der Waals surface area contributed by atoms with Gasteiger partial charge in [-0.2, -0.15) is 0 Å². The Morgan fingerprint density at radius 1 is 1.31 bits per heavy atom. The van der Waals surface area contributed by atoms with Crippen LogP contribution in [0.5, 0.6) is 5.75 Å². The lowest BCUT2D eigenvalue weighted by molar-refractivity contribution is -0.122. The van der Waals surface area contributed by atoms with E-state index in [9.17, 15) is 19.5 Å². The maximum atomic E-state index is 12.5. The van der Waals surface area contributed by atoms with Crippen molar-refractivity contribution in [2.75, 3.05) is 36.5 Å². The molecular formula is C21H22ClN3O6S. The second kappa shape index (κ2) is 9.35. The number of piperidine rings is 1. The van der Waals surface area contributed by atoms with E-state index in [1.54, 1.807) is 35.2 Å². The number of anilines is 2. The Kier molecular flexibility index (Phi) is 6.54. The summed E-state index contributed by atoms with van der Waals surface area (Å²) in [5, 5.41) is 12.4. The van der Waals surface area contributed by atoms with Crippen molar-refractivity contribution in [1.29, 1.82) is 0 Å². The predicted octanol–water partition coefficient (Wildman–Crippen LogP) is 2.65. The van der Waals surface area contributed by atoms with Crippen LogP contribution in [0.2, 0.25) is 4.34 Å². The van der Waals surface area contributed by atoms with Gasteiger partial charge in [-0.1, -0.05) is 11.6 Å². The molecule has 0 spiro atoms. The second-order valence-electron chi connectivity index (χ2n) is 7.48. The number of cyclic esters (lactones) is 1. The van der Waals surface area contributed by atoms with Crippen molar-refractivity contribution >= 4 is 52.2 Å². The number of methoxy groups -OCH3 is 1. The lowest BCUT2D eigenvalue weighted by Crippen LogP contribution is -2.40. The fourth-order valence-corrected chi connectivity index (χ4v) is 4.66. The third-order valence-corrected chi connectivity index (χ3v) is 6.55. The molecule has 3 amide bonds. The number of carbonyl (C=O) groups excluding carboxylic acids is 3. The average molecular weight is 480 g/mol. The minimum absolute atomic E-state index is 0.0770. The molecule has 2 aromatic rings. The summed E-state index contributed by atoms with van der Waals surface area (Å²) in [5.74, 6) is -0.0343.